The Bertz CT molecular complexity index is 1410. The van der Waals surface area contributed by atoms with Crippen LogP contribution in [0.25, 0.3) is 10.8 Å². The minimum absolute atomic E-state index is 0.0815. The Balaban J connectivity index is 1.56. The van der Waals surface area contributed by atoms with Gasteiger partial charge in [-0.1, -0.05) is 65.7 Å². The average molecular weight is 578 g/mol. The predicted octanol–water partition coefficient (Wildman–Crippen LogP) is 3.49. The summed E-state index contributed by atoms with van der Waals surface area (Å²) in [4.78, 5) is 26.4. The summed E-state index contributed by atoms with van der Waals surface area (Å²) in [6.07, 6.45) is 1.67. The third kappa shape index (κ3) is 6.65. The van der Waals surface area contributed by atoms with Crippen molar-refractivity contribution < 1.29 is 18.0 Å². The molecule has 4 N–H and O–H groups in total. The molecule has 3 aromatic carbocycles. The molecule has 202 valence electrons. The van der Waals surface area contributed by atoms with E-state index in [1.807, 2.05) is 42.5 Å². The molecule has 1 aliphatic heterocycles. The number of nitrogens with zero attached hydrogens (tertiary/aromatic N) is 1. The van der Waals surface area contributed by atoms with Gasteiger partial charge in [-0.25, -0.2) is 8.42 Å². The lowest BCUT2D eigenvalue weighted by molar-refractivity contribution is -0.130. The van der Waals surface area contributed by atoms with Crippen molar-refractivity contribution in [3.05, 3.63) is 76.3 Å². The lowest BCUT2D eigenvalue weighted by atomic mass is 10.0. The number of amides is 2. The Morgan fingerprint density at radius 1 is 1.03 bits per heavy atom. The average Bonchev–Trinajstić information content (AvgIpc) is 3.39. The van der Waals surface area contributed by atoms with E-state index in [9.17, 15) is 18.0 Å². The van der Waals surface area contributed by atoms with Crippen molar-refractivity contribution in [3.63, 3.8) is 0 Å². The zero-order chi connectivity index (χ0) is 27.3. The predicted molar refractivity (Wildman–Crippen MR) is 150 cm³/mol. The third-order valence-electron chi connectivity index (χ3n) is 6.52. The van der Waals surface area contributed by atoms with Gasteiger partial charge in [0.1, 0.15) is 12.1 Å². The first-order chi connectivity index (χ1) is 18.2. The topological polar surface area (TPSA) is 122 Å². The van der Waals surface area contributed by atoms with E-state index in [-0.39, 0.29) is 33.8 Å². The molecule has 0 saturated carbocycles. The number of nitrogens with two attached hydrogens (primary N) is 1. The molecule has 2 unspecified atom stereocenters. The van der Waals surface area contributed by atoms with Gasteiger partial charge in [0.15, 0.2) is 0 Å². The van der Waals surface area contributed by atoms with Crippen molar-refractivity contribution in [3.8, 4) is 0 Å². The molecule has 0 aliphatic carbocycles. The number of sulfonamides is 1. The van der Waals surface area contributed by atoms with Crippen LogP contribution in [-0.2, 0) is 26.0 Å². The summed E-state index contributed by atoms with van der Waals surface area (Å²) in [7, 11) is -4.05. The molecule has 11 heteroatoms. The zero-order valence-corrected chi connectivity index (χ0v) is 23.0. The first-order valence-corrected chi connectivity index (χ1v) is 14.6. The van der Waals surface area contributed by atoms with Gasteiger partial charge in [0.05, 0.1) is 4.90 Å². The Kier molecular flexibility index (Phi) is 9.27. The molecule has 1 saturated heterocycles. The molecular formula is C27H30Cl2N4O4S. The lowest BCUT2D eigenvalue weighted by Gasteiger charge is -2.26. The van der Waals surface area contributed by atoms with Gasteiger partial charge < -0.3 is 16.4 Å². The van der Waals surface area contributed by atoms with Crippen molar-refractivity contribution in [2.45, 2.75) is 42.7 Å². The lowest BCUT2D eigenvalue weighted by Crippen LogP contribution is -2.54. The van der Waals surface area contributed by atoms with Gasteiger partial charge in [-0.3, -0.25) is 9.59 Å². The van der Waals surface area contributed by atoms with Crippen molar-refractivity contribution in [1.82, 2.24) is 14.9 Å². The van der Waals surface area contributed by atoms with Crippen LogP contribution in [0.15, 0.2) is 65.6 Å². The summed E-state index contributed by atoms with van der Waals surface area (Å²) in [6.45, 7) is 0.964. The number of benzene rings is 3. The van der Waals surface area contributed by atoms with Gasteiger partial charge >= 0.3 is 0 Å². The SMILES string of the molecule is NCCCNC(=O)C(Cc1ccc2ccccc2c1)NC(=O)C1CCCN1S(=O)(=O)c1cc(Cl)cc(Cl)c1. The van der Waals surface area contributed by atoms with Crippen molar-refractivity contribution in [2.24, 2.45) is 5.73 Å². The first kappa shape index (κ1) is 28.3. The van der Waals surface area contributed by atoms with Crippen LogP contribution in [-0.4, -0.2) is 56.3 Å². The zero-order valence-electron chi connectivity index (χ0n) is 20.7. The molecule has 8 nitrogen and oxygen atoms in total. The van der Waals surface area contributed by atoms with E-state index in [0.29, 0.717) is 32.4 Å². The van der Waals surface area contributed by atoms with Crippen LogP contribution < -0.4 is 16.4 Å². The third-order valence-corrected chi connectivity index (χ3v) is 8.84. The van der Waals surface area contributed by atoms with Crippen LogP contribution in [0.1, 0.15) is 24.8 Å². The second kappa shape index (κ2) is 12.4. The van der Waals surface area contributed by atoms with E-state index in [0.717, 1.165) is 20.6 Å². The molecular weight excluding hydrogens is 547 g/mol. The number of carbonyl (C=O) groups is 2. The van der Waals surface area contributed by atoms with Gasteiger partial charge in [-0.15, -0.1) is 0 Å². The quantitative estimate of drug-likeness (QED) is 0.319. The highest BCUT2D eigenvalue weighted by Gasteiger charge is 2.40. The van der Waals surface area contributed by atoms with Crippen molar-refractivity contribution >= 4 is 55.8 Å². The van der Waals surface area contributed by atoms with E-state index in [4.69, 9.17) is 28.9 Å². The number of nitrogens with one attached hydrogen (secondary N) is 2. The number of carbonyl (C=O) groups excluding carboxylic acids is 2. The minimum atomic E-state index is -4.05. The maximum atomic E-state index is 13.4. The highest BCUT2D eigenvalue weighted by molar-refractivity contribution is 7.89. The summed E-state index contributed by atoms with van der Waals surface area (Å²) in [5, 5.41) is 8.09. The molecule has 0 bridgehead atoms. The molecule has 1 heterocycles. The largest absolute Gasteiger partial charge is 0.354 e. The Morgan fingerprint density at radius 2 is 1.74 bits per heavy atom. The number of fused-ring (bicyclic) bond motifs is 1. The van der Waals surface area contributed by atoms with Gasteiger partial charge in [0, 0.05) is 29.6 Å². The van der Waals surface area contributed by atoms with E-state index < -0.39 is 28.0 Å². The van der Waals surface area contributed by atoms with Crippen molar-refractivity contribution in [2.75, 3.05) is 19.6 Å². The standard InChI is InChI=1S/C27H30Cl2N4O4S/c28-21-15-22(29)17-23(16-21)38(36,37)33-12-3-7-25(33)27(35)32-24(26(34)31-11-4-10-30)14-18-8-9-19-5-1-2-6-20(19)13-18/h1-2,5-6,8-9,13,15-17,24-25H,3-4,7,10-12,14,30H2,(H,31,34)(H,32,35). The normalized spacial score (nSPS) is 16.9. The smallest absolute Gasteiger partial charge is 0.243 e. The summed E-state index contributed by atoms with van der Waals surface area (Å²) >= 11 is 12.1. The second-order valence-corrected chi connectivity index (χ2v) is 12.0. The molecule has 0 radical (unpaired) electrons. The van der Waals surface area contributed by atoms with Crippen LogP contribution in [0.4, 0.5) is 0 Å². The van der Waals surface area contributed by atoms with Gasteiger partial charge in [-0.05, 0) is 60.3 Å². The fourth-order valence-corrected chi connectivity index (χ4v) is 7.00. The highest BCUT2D eigenvalue weighted by atomic mass is 35.5. The first-order valence-electron chi connectivity index (χ1n) is 12.4. The molecule has 2 atom stereocenters. The minimum Gasteiger partial charge on any atom is -0.354 e. The summed E-state index contributed by atoms with van der Waals surface area (Å²) in [5.41, 5.74) is 6.42. The Morgan fingerprint density at radius 3 is 2.45 bits per heavy atom. The highest BCUT2D eigenvalue weighted by Crippen LogP contribution is 2.30. The molecule has 2 amide bonds. The molecule has 0 spiro atoms. The summed E-state index contributed by atoms with van der Waals surface area (Å²) < 4.78 is 28.0. The van der Waals surface area contributed by atoms with Crippen molar-refractivity contribution in [1.29, 1.82) is 0 Å². The number of halogens is 2. The van der Waals surface area contributed by atoms with Gasteiger partial charge in [0.25, 0.3) is 0 Å². The fraction of sp³-hybridized carbons (Fsp3) is 0.333. The van der Waals surface area contributed by atoms with Gasteiger partial charge in [0.2, 0.25) is 21.8 Å². The number of hydrogen-bond donors (Lipinski definition) is 3. The number of rotatable bonds is 10. The number of hydrogen-bond acceptors (Lipinski definition) is 5. The molecule has 1 fully saturated rings. The van der Waals surface area contributed by atoms with Crippen LogP contribution in [0.5, 0.6) is 0 Å². The van der Waals surface area contributed by atoms with Crippen LogP contribution >= 0.6 is 23.2 Å². The van der Waals surface area contributed by atoms with E-state index in [2.05, 4.69) is 10.6 Å². The molecule has 1 aliphatic rings. The van der Waals surface area contributed by atoms with E-state index in [1.165, 1.54) is 18.2 Å². The summed E-state index contributed by atoms with van der Waals surface area (Å²) in [6, 6.07) is 15.9. The van der Waals surface area contributed by atoms with Crippen LogP contribution in [0.3, 0.4) is 0 Å². The monoisotopic (exact) mass is 576 g/mol. The van der Waals surface area contributed by atoms with E-state index in [1.54, 1.807) is 0 Å². The van der Waals surface area contributed by atoms with E-state index >= 15 is 0 Å². The molecule has 0 aromatic heterocycles. The molecule has 4 rings (SSSR count). The van der Waals surface area contributed by atoms with Crippen LogP contribution in [0.2, 0.25) is 10.0 Å². The Hall–Kier alpha value is -2.69. The maximum Gasteiger partial charge on any atom is 0.243 e. The van der Waals surface area contributed by atoms with Gasteiger partial charge in [-0.2, -0.15) is 4.31 Å². The summed E-state index contributed by atoms with van der Waals surface area (Å²) in [5.74, 6) is -0.882. The molecule has 38 heavy (non-hydrogen) atoms. The maximum absolute atomic E-state index is 13.4. The Labute approximate surface area is 232 Å². The molecule has 3 aromatic rings. The fourth-order valence-electron chi connectivity index (χ4n) is 4.62. The van der Waals surface area contributed by atoms with Crippen LogP contribution in [0, 0.1) is 0 Å². The second-order valence-electron chi connectivity index (χ2n) is 9.26.